The zero-order valence-electron chi connectivity index (χ0n) is 17.1. The quantitative estimate of drug-likeness (QED) is 0.401. The highest BCUT2D eigenvalue weighted by Gasteiger charge is 2.46. The van der Waals surface area contributed by atoms with E-state index < -0.39 is 23.5 Å². The standard InChI is InChI=1S/C23H21Cl2FN2O4/c24-17-6-3-15(13-18(17)25)20-19(21(29)14-1-4-16(26)5-2-14)22(30)23(31)28(20)8-7-27-9-11-32-12-10-27/h1-6,13,20,29H,7-12H2/b21-19+/t20-/m0/s1. The third kappa shape index (κ3) is 4.52. The monoisotopic (exact) mass is 478 g/mol. The molecule has 1 atom stereocenters. The summed E-state index contributed by atoms with van der Waals surface area (Å²) < 4.78 is 18.7. The highest BCUT2D eigenvalue weighted by atomic mass is 35.5. The number of ether oxygens (including phenoxy) is 1. The number of likely N-dealkylation sites (tertiary alicyclic amines) is 1. The van der Waals surface area contributed by atoms with Crippen molar-refractivity contribution in [3.63, 3.8) is 0 Å². The summed E-state index contributed by atoms with van der Waals surface area (Å²) in [6.07, 6.45) is 0. The first-order valence-corrected chi connectivity index (χ1v) is 10.9. The first-order chi connectivity index (χ1) is 15.4. The van der Waals surface area contributed by atoms with Crippen LogP contribution in [0.25, 0.3) is 5.76 Å². The molecule has 0 unspecified atom stereocenters. The fourth-order valence-electron chi connectivity index (χ4n) is 3.98. The summed E-state index contributed by atoms with van der Waals surface area (Å²) in [6, 6.07) is 9.06. The Kier molecular flexibility index (Phi) is 6.81. The lowest BCUT2D eigenvalue weighted by atomic mass is 9.95. The van der Waals surface area contributed by atoms with Crippen molar-refractivity contribution in [3.05, 3.63) is 75.0 Å². The van der Waals surface area contributed by atoms with Crippen LogP contribution in [-0.2, 0) is 14.3 Å². The number of morpholine rings is 1. The van der Waals surface area contributed by atoms with Crippen LogP contribution in [0.4, 0.5) is 4.39 Å². The molecule has 1 amide bonds. The van der Waals surface area contributed by atoms with Crippen molar-refractivity contribution < 1.29 is 23.8 Å². The number of halogens is 3. The van der Waals surface area contributed by atoms with Gasteiger partial charge < -0.3 is 14.7 Å². The third-order valence-electron chi connectivity index (χ3n) is 5.68. The fourth-order valence-corrected chi connectivity index (χ4v) is 4.28. The minimum absolute atomic E-state index is 0.0676. The highest BCUT2D eigenvalue weighted by Crippen LogP contribution is 2.40. The van der Waals surface area contributed by atoms with Gasteiger partial charge in [0.2, 0.25) is 0 Å². The lowest BCUT2D eigenvalue weighted by Gasteiger charge is -2.31. The van der Waals surface area contributed by atoms with E-state index in [-0.39, 0.29) is 28.5 Å². The van der Waals surface area contributed by atoms with Gasteiger partial charge in [-0.25, -0.2) is 4.39 Å². The lowest BCUT2D eigenvalue weighted by Crippen LogP contribution is -2.42. The number of carbonyl (C=O) groups excluding carboxylic acids is 2. The molecule has 2 aromatic carbocycles. The number of nitrogens with zero attached hydrogens (tertiary/aromatic N) is 2. The van der Waals surface area contributed by atoms with Crippen LogP contribution >= 0.6 is 23.2 Å². The summed E-state index contributed by atoms with van der Waals surface area (Å²) in [5.74, 6) is -2.36. The van der Waals surface area contributed by atoms with E-state index in [1.165, 1.54) is 29.2 Å². The Morgan fingerprint density at radius 3 is 2.38 bits per heavy atom. The van der Waals surface area contributed by atoms with Crippen molar-refractivity contribution in [2.75, 3.05) is 39.4 Å². The number of amides is 1. The van der Waals surface area contributed by atoms with E-state index in [0.29, 0.717) is 30.3 Å². The predicted molar refractivity (Wildman–Crippen MR) is 119 cm³/mol. The van der Waals surface area contributed by atoms with Crippen molar-refractivity contribution in [2.45, 2.75) is 6.04 Å². The molecule has 2 fully saturated rings. The summed E-state index contributed by atoms with van der Waals surface area (Å²) in [5, 5.41) is 11.6. The molecule has 1 N–H and O–H groups in total. The number of rotatable bonds is 5. The van der Waals surface area contributed by atoms with E-state index in [4.69, 9.17) is 27.9 Å². The zero-order valence-corrected chi connectivity index (χ0v) is 18.6. The van der Waals surface area contributed by atoms with Gasteiger partial charge in [-0.15, -0.1) is 0 Å². The predicted octanol–water partition coefficient (Wildman–Crippen LogP) is 3.89. The minimum Gasteiger partial charge on any atom is -0.507 e. The Hall–Kier alpha value is -2.45. The fraction of sp³-hybridized carbons (Fsp3) is 0.304. The van der Waals surface area contributed by atoms with E-state index in [1.54, 1.807) is 18.2 Å². The average Bonchev–Trinajstić information content (AvgIpc) is 3.05. The Labute approximate surface area is 194 Å². The number of hydrogen-bond donors (Lipinski definition) is 1. The van der Waals surface area contributed by atoms with Gasteiger partial charge in [-0.3, -0.25) is 14.5 Å². The smallest absolute Gasteiger partial charge is 0.295 e. The summed E-state index contributed by atoms with van der Waals surface area (Å²) in [7, 11) is 0. The van der Waals surface area contributed by atoms with Gasteiger partial charge in [0, 0.05) is 31.7 Å². The molecule has 2 aliphatic heterocycles. The maximum Gasteiger partial charge on any atom is 0.295 e. The molecule has 2 aromatic rings. The van der Waals surface area contributed by atoms with Gasteiger partial charge in [-0.2, -0.15) is 0 Å². The van der Waals surface area contributed by atoms with E-state index in [9.17, 15) is 19.1 Å². The highest BCUT2D eigenvalue weighted by molar-refractivity contribution is 6.46. The first kappa shape index (κ1) is 22.7. The van der Waals surface area contributed by atoms with Gasteiger partial charge >= 0.3 is 0 Å². The largest absolute Gasteiger partial charge is 0.507 e. The Bertz CT molecular complexity index is 1070. The van der Waals surface area contributed by atoms with E-state index >= 15 is 0 Å². The second-order valence-corrected chi connectivity index (χ2v) is 8.44. The zero-order chi connectivity index (χ0) is 22.8. The van der Waals surface area contributed by atoms with Gasteiger partial charge in [-0.1, -0.05) is 29.3 Å². The molecule has 6 nitrogen and oxygen atoms in total. The SMILES string of the molecule is O=C1C(=O)N(CCN2CCOCC2)[C@@H](c2ccc(Cl)c(Cl)c2)/C1=C(\O)c1ccc(F)cc1. The minimum atomic E-state index is -0.851. The summed E-state index contributed by atoms with van der Waals surface area (Å²) >= 11 is 12.3. The molecule has 0 aliphatic carbocycles. The number of ketones is 1. The molecule has 0 spiro atoms. The molecule has 0 radical (unpaired) electrons. The molecule has 168 valence electrons. The topological polar surface area (TPSA) is 70.1 Å². The van der Waals surface area contributed by atoms with E-state index in [1.807, 2.05) is 0 Å². The van der Waals surface area contributed by atoms with Crippen LogP contribution in [0.3, 0.4) is 0 Å². The summed E-state index contributed by atoms with van der Waals surface area (Å²) in [5.41, 5.74) is 0.717. The number of aliphatic hydroxyl groups is 1. The Morgan fingerprint density at radius 2 is 1.72 bits per heavy atom. The van der Waals surface area contributed by atoms with Gasteiger partial charge in [-0.05, 0) is 42.0 Å². The molecule has 4 rings (SSSR count). The Morgan fingerprint density at radius 1 is 1.03 bits per heavy atom. The van der Waals surface area contributed by atoms with E-state index in [0.717, 1.165) is 13.1 Å². The average molecular weight is 479 g/mol. The van der Waals surface area contributed by atoms with Crippen LogP contribution in [0, 0.1) is 5.82 Å². The summed E-state index contributed by atoms with van der Waals surface area (Å²) in [4.78, 5) is 29.6. The van der Waals surface area contributed by atoms with Gasteiger partial charge in [0.15, 0.2) is 0 Å². The van der Waals surface area contributed by atoms with Crippen LogP contribution in [0.1, 0.15) is 17.2 Å². The molecular formula is C23H21Cl2FN2O4. The second kappa shape index (κ2) is 9.58. The van der Waals surface area contributed by atoms with E-state index in [2.05, 4.69) is 4.90 Å². The molecule has 32 heavy (non-hydrogen) atoms. The number of Topliss-reactive ketones (excluding diaryl/α,β-unsaturated/α-hetero) is 1. The number of aliphatic hydroxyl groups excluding tert-OH is 1. The number of carbonyl (C=O) groups is 2. The van der Waals surface area contributed by atoms with Crippen LogP contribution in [-0.4, -0.2) is 66.0 Å². The molecule has 2 aliphatic rings. The van der Waals surface area contributed by atoms with Crippen molar-refractivity contribution >= 4 is 40.7 Å². The van der Waals surface area contributed by atoms with Gasteiger partial charge in [0.1, 0.15) is 11.6 Å². The maximum absolute atomic E-state index is 13.4. The molecule has 0 aromatic heterocycles. The lowest BCUT2D eigenvalue weighted by molar-refractivity contribution is -0.140. The summed E-state index contributed by atoms with van der Waals surface area (Å²) in [6.45, 7) is 3.51. The van der Waals surface area contributed by atoms with Crippen molar-refractivity contribution in [1.29, 1.82) is 0 Å². The van der Waals surface area contributed by atoms with Crippen LogP contribution in [0.15, 0.2) is 48.0 Å². The van der Waals surface area contributed by atoms with Crippen molar-refractivity contribution in [2.24, 2.45) is 0 Å². The number of benzene rings is 2. The molecular weight excluding hydrogens is 458 g/mol. The Balaban J connectivity index is 1.75. The molecule has 0 bridgehead atoms. The molecule has 0 saturated carbocycles. The van der Waals surface area contributed by atoms with Crippen LogP contribution in [0.5, 0.6) is 0 Å². The molecule has 2 saturated heterocycles. The third-order valence-corrected chi connectivity index (χ3v) is 6.42. The normalized spacial score (nSPS) is 21.3. The van der Waals surface area contributed by atoms with Crippen LogP contribution in [0.2, 0.25) is 10.0 Å². The second-order valence-electron chi connectivity index (χ2n) is 7.63. The molecule has 9 heteroatoms. The van der Waals surface area contributed by atoms with Gasteiger partial charge in [0.05, 0.1) is 34.9 Å². The molecule has 2 heterocycles. The van der Waals surface area contributed by atoms with Crippen molar-refractivity contribution in [1.82, 2.24) is 9.80 Å². The number of hydrogen-bond acceptors (Lipinski definition) is 5. The van der Waals surface area contributed by atoms with Gasteiger partial charge in [0.25, 0.3) is 11.7 Å². The van der Waals surface area contributed by atoms with Crippen LogP contribution < -0.4 is 0 Å². The maximum atomic E-state index is 13.4. The van der Waals surface area contributed by atoms with Crippen molar-refractivity contribution in [3.8, 4) is 0 Å². The first-order valence-electron chi connectivity index (χ1n) is 10.2.